The minimum Gasteiger partial charge on any atom is -0.506 e. The van der Waals surface area contributed by atoms with Crippen molar-refractivity contribution in [2.45, 2.75) is 12.8 Å². The van der Waals surface area contributed by atoms with Crippen molar-refractivity contribution in [3.05, 3.63) is 44.8 Å². The van der Waals surface area contributed by atoms with Gasteiger partial charge < -0.3 is 14.7 Å². The summed E-state index contributed by atoms with van der Waals surface area (Å²) >= 11 is 18.4. The van der Waals surface area contributed by atoms with Gasteiger partial charge in [-0.2, -0.15) is 0 Å². The SMILES string of the molecule is COc1cc(C=Nc2cc(Br)c(O)c(Br)c2)ccc1N(CCCCl)CCCCl.Cl. The molecule has 0 radical (unpaired) electrons. The number of nitrogens with zero attached hydrogens (tertiary/aromatic N) is 2. The van der Waals surface area contributed by atoms with Gasteiger partial charge in [0.05, 0.1) is 27.4 Å². The van der Waals surface area contributed by atoms with Crippen molar-refractivity contribution in [1.82, 2.24) is 0 Å². The molecule has 0 saturated heterocycles. The smallest absolute Gasteiger partial charge is 0.144 e. The molecule has 0 heterocycles. The zero-order chi connectivity index (χ0) is 20.5. The number of methoxy groups -OCH3 is 1. The predicted octanol–water partition coefficient (Wildman–Crippen LogP) is 7.16. The zero-order valence-electron chi connectivity index (χ0n) is 15.9. The van der Waals surface area contributed by atoms with E-state index in [1.54, 1.807) is 25.5 Å². The first kappa shape index (κ1) is 26.4. The van der Waals surface area contributed by atoms with E-state index in [4.69, 9.17) is 27.9 Å². The second-order valence-corrected chi connectivity index (χ2v) is 8.48. The first-order chi connectivity index (χ1) is 13.5. The van der Waals surface area contributed by atoms with Crippen LogP contribution in [0.5, 0.6) is 11.5 Å². The molecule has 2 aromatic rings. The van der Waals surface area contributed by atoms with E-state index >= 15 is 0 Å². The van der Waals surface area contributed by atoms with E-state index in [2.05, 4.69) is 41.8 Å². The molecule has 0 saturated carbocycles. The van der Waals surface area contributed by atoms with E-state index in [0.717, 1.165) is 42.9 Å². The average Bonchev–Trinajstić information content (AvgIpc) is 2.70. The Morgan fingerprint density at radius 2 is 1.66 bits per heavy atom. The third-order valence-electron chi connectivity index (χ3n) is 4.03. The summed E-state index contributed by atoms with van der Waals surface area (Å²) in [4.78, 5) is 6.74. The minimum absolute atomic E-state index is 0. The van der Waals surface area contributed by atoms with Gasteiger partial charge >= 0.3 is 0 Å². The highest BCUT2D eigenvalue weighted by Crippen LogP contribution is 2.36. The van der Waals surface area contributed by atoms with Gasteiger partial charge in [-0.05, 0) is 74.5 Å². The molecular weight excluding hydrogens is 566 g/mol. The summed E-state index contributed by atoms with van der Waals surface area (Å²) in [5.74, 6) is 2.16. The third-order valence-corrected chi connectivity index (χ3v) is 5.78. The Morgan fingerprint density at radius 1 is 1.07 bits per heavy atom. The van der Waals surface area contributed by atoms with Crippen molar-refractivity contribution >= 4 is 85.1 Å². The summed E-state index contributed by atoms with van der Waals surface area (Å²) in [6, 6.07) is 9.49. The molecule has 0 atom stereocenters. The van der Waals surface area contributed by atoms with E-state index in [-0.39, 0.29) is 18.2 Å². The quantitative estimate of drug-likeness (QED) is 0.236. The molecule has 0 spiro atoms. The molecule has 0 bridgehead atoms. The summed E-state index contributed by atoms with van der Waals surface area (Å²) in [6.07, 6.45) is 3.54. The van der Waals surface area contributed by atoms with E-state index < -0.39 is 0 Å². The molecule has 0 amide bonds. The molecular formula is C20H23Br2Cl3N2O2. The number of aliphatic imine (C=N–C) groups is 1. The Bertz CT molecular complexity index is 791. The van der Waals surface area contributed by atoms with Gasteiger partial charge in [0.1, 0.15) is 11.5 Å². The van der Waals surface area contributed by atoms with Gasteiger partial charge in [0.2, 0.25) is 0 Å². The maximum atomic E-state index is 9.81. The first-order valence-electron chi connectivity index (χ1n) is 8.77. The monoisotopic (exact) mass is 586 g/mol. The van der Waals surface area contributed by atoms with Crippen molar-refractivity contribution < 1.29 is 9.84 Å². The van der Waals surface area contributed by atoms with Crippen LogP contribution in [0.3, 0.4) is 0 Å². The fourth-order valence-corrected chi connectivity index (χ4v) is 4.07. The van der Waals surface area contributed by atoms with Crippen molar-refractivity contribution in [3.8, 4) is 11.5 Å². The standard InChI is InChI=1S/C20H22Br2Cl2N2O2.ClH/c1-28-19-10-14(13-25-15-11-16(21)20(27)17(22)12-15)4-5-18(19)26(8-2-6-23)9-3-7-24;/h4-5,10-13,27H,2-3,6-9H2,1H3;1H. The molecule has 1 N–H and O–H groups in total. The molecule has 9 heteroatoms. The second kappa shape index (κ2) is 13.6. The number of alkyl halides is 2. The lowest BCUT2D eigenvalue weighted by molar-refractivity contribution is 0.414. The van der Waals surface area contributed by atoms with E-state index in [0.29, 0.717) is 26.4 Å². The molecule has 2 aromatic carbocycles. The van der Waals surface area contributed by atoms with Crippen LogP contribution in [0.15, 0.2) is 44.3 Å². The van der Waals surface area contributed by atoms with E-state index in [1.807, 2.05) is 18.2 Å². The number of rotatable bonds is 10. The Balaban J connectivity index is 0.00000420. The number of halogens is 5. The minimum atomic E-state index is 0. The van der Waals surface area contributed by atoms with Crippen LogP contribution in [-0.2, 0) is 0 Å². The lowest BCUT2D eigenvalue weighted by Crippen LogP contribution is -2.26. The summed E-state index contributed by atoms with van der Waals surface area (Å²) < 4.78 is 6.78. The van der Waals surface area contributed by atoms with Crippen LogP contribution in [0, 0.1) is 0 Å². The third kappa shape index (κ3) is 7.83. The topological polar surface area (TPSA) is 45.1 Å². The number of phenolic OH excluding ortho intramolecular Hbond substituents is 1. The molecule has 0 aromatic heterocycles. The highest BCUT2D eigenvalue weighted by Gasteiger charge is 2.12. The van der Waals surface area contributed by atoms with Crippen LogP contribution >= 0.6 is 67.5 Å². The number of hydrogen-bond donors (Lipinski definition) is 1. The molecule has 0 aliphatic rings. The Hall–Kier alpha value is -0.660. The number of aromatic hydroxyl groups is 1. The first-order valence-corrected chi connectivity index (χ1v) is 11.4. The van der Waals surface area contributed by atoms with Gasteiger partial charge in [-0.1, -0.05) is 6.07 Å². The molecule has 0 aliphatic heterocycles. The van der Waals surface area contributed by atoms with Gasteiger partial charge in [-0.25, -0.2) is 0 Å². The number of phenols is 1. The summed E-state index contributed by atoms with van der Waals surface area (Å²) in [5, 5.41) is 9.81. The maximum Gasteiger partial charge on any atom is 0.144 e. The molecule has 0 fully saturated rings. The molecule has 29 heavy (non-hydrogen) atoms. The van der Waals surface area contributed by atoms with Crippen LogP contribution in [0.2, 0.25) is 0 Å². The summed E-state index contributed by atoms with van der Waals surface area (Å²) in [6.45, 7) is 1.69. The van der Waals surface area contributed by atoms with Gasteiger partial charge in [0.15, 0.2) is 0 Å². The lowest BCUT2D eigenvalue weighted by atomic mass is 10.1. The van der Waals surface area contributed by atoms with Gasteiger partial charge in [-0.3, -0.25) is 4.99 Å². The molecule has 4 nitrogen and oxygen atoms in total. The molecule has 2 rings (SSSR count). The van der Waals surface area contributed by atoms with Crippen molar-refractivity contribution in [2.75, 3.05) is 36.9 Å². The van der Waals surface area contributed by atoms with Gasteiger partial charge in [0.25, 0.3) is 0 Å². The number of hydrogen-bond acceptors (Lipinski definition) is 4. The van der Waals surface area contributed by atoms with Gasteiger partial charge in [-0.15, -0.1) is 35.6 Å². The number of anilines is 1. The van der Waals surface area contributed by atoms with Gasteiger partial charge in [0, 0.05) is 31.1 Å². The van der Waals surface area contributed by atoms with Crippen molar-refractivity contribution in [1.29, 1.82) is 0 Å². The predicted molar refractivity (Wildman–Crippen MR) is 134 cm³/mol. The van der Waals surface area contributed by atoms with Crippen molar-refractivity contribution in [2.24, 2.45) is 4.99 Å². The number of benzene rings is 2. The number of ether oxygens (including phenoxy) is 1. The largest absolute Gasteiger partial charge is 0.506 e. The summed E-state index contributed by atoms with van der Waals surface area (Å²) in [7, 11) is 1.66. The maximum absolute atomic E-state index is 9.81. The highest BCUT2D eigenvalue weighted by molar-refractivity contribution is 9.11. The summed E-state index contributed by atoms with van der Waals surface area (Å²) in [5.41, 5.74) is 2.64. The van der Waals surface area contributed by atoms with Crippen LogP contribution < -0.4 is 9.64 Å². The Morgan fingerprint density at radius 3 is 2.17 bits per heavy atom. The lowest BCUT2D eigenvalue weighted by Gasteiger charge is -2.26. The molecule has 0 unspecified atom stereocenters. The average molecular weight is 590 g/mol. The van der Waals surface area contributed by atoms with Crippen LogP contribution in [-0.4, -0.2) is 43.3 Å². The second-order valence-electron chi connectivity index (χ2n) is 6.02. The normalized spacial score (nSPS) is 10.8. The fourth-order valence-electron chi connectivity index (χ4n) is 2.67. The van der Waals surface area contributed by atoms with E-state index in [9.17, 15) is 5.11 Å². The Kier molecular flexibility index (Phi) is 12.4. The Labute approximate surface area is 204 Å². The highest BCUT2D eigenvalue weighted by atomic mass is 79.9. The van der Waals surface area contributed by atoms with Crippen molar-refractivity contribution in [3.63, 3.8) is 0 Å². The van der Waals surface area contributed by atoms with Crippen LogP contribution in [0.1, 0.15) is 18.4 Å². The van der Waals surface area contributed by atoms with Crippen LogP contribution in [0.25, 0.3) is 0 Å². The molecule has 0 aliphatic carbocycles. The molecule has 160 valence electrons. The van der Waals surface area contributed by atoms with E-state index in [1.165, 1.54) is 0 Å². The van der Waals surface area contributed by atoms with Crippen LogP contribution in [0.4, 0.5) is 11.4 Å². The zero-order valence-corrected chi connectivity index (χ0v) is 21.4. The fraction of sp³-hybridized carbons (Fsp3) is 0.350.